The van der Waals surface area contributed by atoms with Crippen molar-refractivity contribution in [3.8, 4) is 22.3 Å². The van der Waals surface area contributed by atoms with Gasteiger partial charge in [-0.15, -0.1) is 0 Å². The second-order valence-electron chi connectivity index (χ2n) is 13.3. The van der Waals surface area contributed by atoms with Gasteiger partial charge in [-0.25, -0.2) is 0 Å². The van der Waals surface area contributed by atoms with Gasteiger partial charge in [0.2, 0.25) is 0 Å². The van der Waals surface area contributed by atoms with E-state index in [4.69, 9.17) is 0 Å². The Morgan fingerprint density at radius 3 is 1.61 bits per heavy atom. The molecule has 0 aliphatic heterocycles. The van der Waals surface area contributed by atoms with Gasteiger partial charge in [-0.3, -0.25) is 0 Å². The zero-order valence-corrected chi connectivity index (χ0v) is 28.0. The third-order valence-electron chi connectivity index (χ3n) is 10.4. The lowest BCUT2D eigenvalue weighted by molar-refractivity contribution is 1.29. The highest BCUT2D eigenvalue weighted by Crippen LogP contribution is 2.44. The van der Waals surface area contributed by atoms with Crippen molar-refractivity contribution in [3.05, 3.63) is 200 Å². The van der Waals surface area contributed by atoms with Crippen LogP contribution in [0.15, 0.2) is 200 Å². The number of fused-ring (bicyclic) bond motifs is 8. The minimum absolute atomic E-state index is 1.11. The van der Waals surface area contributed by atoms with E-state index in [0.29, 0.717) is 0 Å². The molecule has 0 spiro atoms. The van der Waals surface area contributed by atoms with Crippen molar-refractivity contribution in [3.63, 3.8) is 0 Å². The molecular formula is C50H33N. The molecule has 10 rings (SSSR count). The minimum Gasteiger partial charge on any atom is -0.310 e. The Labute approximate surface area is 297 Å². The Balaban J connectivity index is 1.17. The molecule has 0 saturated carbocycles. The van der Waals surface area contributed by atoms with Gasteiger partial charge < -0.3 is 4.90 Å². The molecule has 0 amide bonds. The average molecular weight is 648 g/mol. The van der Waals surface area contributed by atoms with Crippen LogP contribution in [0, 0.1) is 0 Å². The third kappa shape index (κ3) is 4.94. The van der Waals surface area contributed by atoms with Crippen LogP contribution in [-0.4, -0.2) is 0 Å². The van der Waals surface area contributed by atoms with Gasteiger partial charge in [0.15, 0.2) is 0 Å². The molecule has 0 unspecified atom stereocenters. The molecule has 0 atom stereocenters. The largest absolute Gasteiger partial charge is 0.310 e. The zero-order valence-electron chi connectivity index (χ0n) is 28.0. The molecule has 1 nitrogen and oxygen atoms in total. The molecule has 51 heavy (non-hydrogen) atoms. The molecule has 0 bridgehead atoms. The highest BCUT2D eigenvalue weighted by molar-refractivity contribution is 6.21. The van der Waals surface area contributed by atoms with Gasteiger partial charge in [0.1, 0.15) is 0 Å². The van der Waals surface area contributed by atoms with Crippen LogP contribution < -0.4 is 4.90 Å². The first-order chi connectivity index (χ1) is 25.3. The van der Waals surface area contributed by atoms with E-state index in [-0.39, 0.29) is 0 Å². The van der Waals surface area contributed by atoms with Crippen LogP contribution in [0.4, 0.5) is 17.1 Å². The van der Waals surface area contributed by atoms with Crippen molar-refractivity contribution in [2.24, 2.45) is 0 Å². The second kappa shape index (κ2) is 12.0. The van der Waals surface area contributed by atoms with Gasteiger partial charge in [0.05, 0.1) is 5.69 Å². The fourth-order valence-electron chi connectivity index (χ4n) is 7.99. The highest BCUT2D eigenvalue weighted by Gasteiger charge is 2.19. The van der Waals surface area contributed by atoms with Crippen LogP contribution in [-0.2, 0) is 0 Å². The number of para-hydroxylation sites is 1. The second-order valence-corrected chi connectivity index (χ2v) is 13.3. The van der Waals surface area contributed by atoms with Gasteiger partial charge in [-0.2, -0.15) is 0 Å². The van der Waals surface area contributed by atoms with Crippen molar-refractivity contribution in [1.82, 2.24) is 0 Å². The molecule has 0 heterocycles. The van der Waals surface area contributed by atoms with Crippen molar-refractivity contribution in [1.29, 1.82) is 0 Å². The van der Waals surface area contributed by atoms with E-state index in [1.807, 2.05) is 0 Å². The van der Waals surface area contributed by atoms with Crippen LogP contribution in [0.5, 0.6) is 0 Å². The lowest BCUT2D eigenvalue weighted by Gasteiger charge is -2.28. The molecule has 1 heteroatoms. The normalized spacial score (nSPS) is 11.5. The summed E-state index contributed by atoms with van der Waals surface area (Å²) in [6.45, 7) is 0. The van der Waals surface area contributed by atoms with Gasteiger partial charge in [-0.05, 0) is 101 Å². The van der Waals surface area contributed by atoms with Crippen LogP contribution in [0.1, 0.15) is 0 Å². The van der Waals surface area contributed by atoms with Crippen LogP contribution in [0.2, 0.25) is 0 Å². The minimum atomic E-state index is 1.11. The van der Waals surface area contributed by atoms with Crippen LogP contribution >= 0.6 is 0 Å². The SMILES string of the molecule is c1ccc(-c2ccccc2N(c2ccc(-c3cccc4ccc5c6ccccc6ccc5c34)cc2)c2ccc3ccc4ccccc4c3c2)cc1. The van der Waals surface area contributed by atoms with E-state index in [1.54, 1.807) is 0 Å². The summed E-state index contributed by atoms with van der Waals surface area (Å²) in [5.41, 5.74) is 8.19. The number of nitrogens with zero attached hydrogens (tertiary/aromatic N) is 1. The number of hydrogen-bond acceptors (Lipinski definition) is 1. The molecule has 0 N–H and O–H groups in total. The first-order valence-corrected chi connectivity index (χ1v) is 17.6. The summed E-state index contributed by atoms with van der Waals surface area (Å²) < 4.78 is 0. The van der Waals surface area contributed by atoms with Gasteiger partial charge in [0.25, 0.3) is 0 Å². The van der Waals surface area contributed by atoms with Crippen LogP contribution in [0.3, 0.4) is 0 Å². The summed E-state index contributed by atoms with van der Waals surface area (Å²) in [6.07, 6.45) is 0. The topological polar surface area (TPSA) is 3.24 Å². The maximum absolute atomic E-state index is 2.41. The fourth-order valence-corrected chi connectivity index (χ4v) is 7.99. The molecular weight excluding hydrogens is 615 g/mol. The van der Waals surface area contributed by atoms with Crippen molar-refractivity contribution in [2.45, 2.75) is 0 Å². The van der Waals surface area contributed by atoms with Crippen molar-refractivity contribution in [2.75, 3.05) is 4.90 Å². The fraction of sp³-hybridized carbons (Fsp3) is 0. The summed E-state index contributed by atoms with van der Waals surface area (Å²) in [5, 5.41) is 12.7. The average Bonchev–Trinajstić information content (AvgIpc) is 3.21. The van der Waals surface area contributed by atoms with Gasteiger partial charge >= 0.3 is 0 Å². The predicted molar refractivity (Wildman–Crippen MR) is 220 cm³/mol. The Kier molecular flexibility index (Phi) is 6.89. The molecule has 0 aliphatic carbocycles. The number of anilines is 3. The number of benzene rings is 10. The van der Waals surface area contributed by atoms with Crippen molar-refractivity contribution >= 4 is 70.9 Å². The molecule has 0 aromatic heterocycles. The Bertz CT molecular complexity index is 2900. The van der Waals surface area contributed by atoms with E-state index in [2.05, 4.69) is 205 Å². The molecule has 0 radical (unpaired) electrons. The van der Waals surface area contributed by atoms with Crippen molar-refractivity contribution < 1.29 is 0 Å². The molecule has 10 aromatic carbocycles. The maximum atomic E-state index is 2.41. The quantitative estimate of drug-likeness (QED) is 0.168. The first kappa shape index (κ1) is 29.2. The van der Waals surface area contributed by atoms with E-state index in [9.17, 15) is 0 Å². The summed E-state index contributed by atoms with van der Waals surface area (Å²) in [5.74, 6) is 0. The first-order valence-electron chi connectivity index (χ1n) is 17.6. The lowest BCUT2D eigenvalue weighted by Crippen LogP contribution is -2.11. The Morgan fingerprint density at radius 2 is 0.804 bits per heavy atom. The molecule has 0 aliphatic rings. The monoisotopic (exact) mass is 647 g/mol. The number of rotatable bonds is 5. The molecule has 238 valence electrons. The summed E-state index contributed by atoms with van der Waals surface area (Å²) in [7, 11) is 0. The number of hydrogen-bond donors (Lipinski definition) is 0. The van der Waals surface area contributed by atoms with Crippen LogP contribution in [0.25, 0.3) is 76.1 Å². The molecule has 0 fully saturated rings. The standard InChI is InChI=1S/C50H33N/c1-2-11-34(12-3-1)44-18-8-9-20-49(44)51(41-30-25-38-22-21-35-13-5-7-17-43(35)48(38)33-41)40-28-23-37(24-29-40)45-19-10-15-39-27-31-46-42-16-6-4-14-36(42)26-32-47(46)50(39)45/h1-33H. The van der Waals surface area contributed by atoms with Gasteiger partial charge in [0, 0.05) is 16.9 Å². The lowest BCUT2D eigenvalue weighted by atomic mass is 9.91. The Morgan fingerprint density at radius 1 is 0.275 bits per heavy atom. The van der Waals surface area contributed by atoms with Gasteiger partial charge in [-0.1, -0.05) is 170 Å². The summed E-state index contributed by atoms with van der Waals surface area (Å²) in [6, 6.07) is 73.1. The smallest absolute Gasteiger partial charge is 0.0540 e. The zero-order chi connectivity index (χ0) is 33.7. The molecule has 0 saturated heterocycles. The van der Waals surface area contributed by atoms with E-state index in [1.165, 1.54) is 76.1 Å². The van der Waals surface area contributed by atoms with E-state index >= 15 is 0 Å². The predicted octanol–water partition coefficient (Wildman–Crippen LogP) is 14.3. The maximum Gasteiger partial charge on any atom is 0.0540 e. The van der Waals surface area contributed by atoms with E-state index in [0.717, 1.165) is 17.1 Å². The van der Waals surface area contributed by atoms with E-state index < -0.39 is 0 Å². The highest BCUT2D eigenvalue weighted by atomic mass is 15.1. The summed E-state index contributed by atoms with van der Waals surface area (Å²) >= 11 is 0. The third-order valence-corrected chi connectivity index (χ3v) is 10.4. The Hall–Kier alpha value is -6.70. The summed E-state index contributed by atoms with van der Waals surface area (Å²) in [4.78, 5) is 2.41. The molecule has 10 aromatic rings.